The Morgan fingerprint density at radius 1 is 1.00 bits per heavy atom. The maximum atomic E-state index is 13.5. The van der Waals surface area contributed by atoms with E-state index in [-0.39, 0.29) is 42.2 Å². The molecule has 9 nitrogen and oxygen atoms in total. The molecule has 0 radical (unpaired) electrons. The Morgan fingerprint density at radius 3 is 2.26 bits per heavy atom. The van der Waals surface area contributed by atoms with Gasteiger partial charge in [0.25, 0.3) is 0 Å². The van der Waals surface area contributed by atoms with Crippen molar-refractivity contribution in [2.45, 2.75) is 70.7 Å². The SMILES string of the molecule is CC(C)CCS(=O)(=O)N[C@@H](CC(=O)N1CCC[C@@H]1c1ccccc1)C(=O)NC(C)C1Nc2ccccc2N1. The highest BCUT2D eigenvalue weighted by molar-refractivity contribution is 7.89. The third-order valence-electron chi connectivity index (χ3n) is 7.16. The van der Waals surface area contributed by atoms with Gasteiger partial charge >= 0.3 is 0 Å². The molecule has 4 rings (SSSR count). The summed E-state index contributed by atoms with van der Waals surface area (Å²) in [5.74, 6) is -0.664. The standard InChI is InChI=1S/C28H39N5O4S/c1-19(2)15-17-38(36,37)32-24(18-26(34)33-16-9-14-25(33)21-10-5-4-6-11-21)28(35)29-20(3)27-30-22-12-7-8-13-23(22)31-27/h4-8,10-13,19-20,24-25,27,30-32H,9,14-18H2,1-3H3,(H,29,35)/t20?,24-,25+/m0/s1. The van der Waals surface area contributed by atoms with Crippen LogP contribution in [0.5, 0.6) is 0 Å². The fourth-order valence-electron chi connectivity index (χ4n) is 5.00. The Labute approximate surface area is 225 Å². The van der Waals surface area contributed by atoms with E-state index in [0.29, 0.717) is 13.0 Å². The Kier molecular flexibility index (Phi) is 8.94. The van der Waals surface area contributed by atoms with E-state index in [1.54, 1.807) is 4.90 Å². The van der Waals surface area contributed by atoms with Gasteiger partial charge in [-0.05, 0) is 49.8 Å². The third-order valence-corrected chi connectivity index (χ3v) is 8.57. The molecule has 2 aliphatic rings. The van der Waals surface area contributed by atoms with Crippen molar-refractivity contribution in [2.24, 2.45) is 5.92 Å². The first kappa shape index (κ1) is 27.9. The van der Waals surface area contributed by atoms with Crippen molar-refractivity contribution < 1.29 is 18.0 Å². The van der Waals surface area contributed by atoms with Crippen molar-refractivity contribution in [3.63, 3.8) is 0 Å². The smallest absolute Gasteiger partial charge is 0.239 e. The fraction of sp³-hybridized carbons (Fsp3) is 0.500. The van der Waals surface area contributed by atoms with Crippen LogP contribution in [0, 0.1) is 5.92 Å². The Hall–Kier alpha value is -3.11. The van der Waals surface area contributed by atoms with Crippen LogP contribution in [0.25, 0.3) is 0 Å². The first-order valence-corrected chi connectivity index (χ1v) is 15.0. The van der Waals surface area contributed by atoms with E-state index >= 15 is 0 Å². The van der Waals surface area contributed by atoms with Crippen molar-refractivity contribution in [1.29, 1.82) is 0 Å². The monoisotopic (exact) mass is 541 g/mol. The fourth-order valence-corrected chi connectivity index (χ4v) is 6.52. The highest BCUT2D eigenvalue weighted by atomic mass is 32.2. The molecule has 2 aromatic carbocycles. The van der Waals surface area contributed by atoms with Gasteiger partial charge in [-0.25, -0.2) is 13.1 Å². The molecule has 2 heterocycles. The molecule has 3 atom stereocenters. The number of hydrogen-bond acceptors (Lipinski definition) is 6. The Morgan fingerprint density at radius 2 is 1.63 bits per heavy atom. The molecule has 1 saturated heterocycles. The van der Waals surface area contributed by atoms with Gasteiger partial charge in [0.2, 0.25) is 21.8 Å². The van der Waals surface area contributed by atoms with Crippen LogP contribution >= 0.6 is 0 Å². The molecule has 2 aromatic rings. The number of fused-ring (bicyclic) bond motifs is 1. The van der Waals surface area contributed by atoms with Gasteiger partial charge in [0.15, 0.2) is 0 Å². The van der Waals surface area contributed by atoms with Gasteiger partial charge in [-0.1, -0.05) is 56.3 Å². The van der Waals surface area contributed by atoms with Gasteiger partial charge in [-0.3, -0.25) is 9.59 Å². The lowest BCUT2D eigenvalue weighted by Crippen LogP contribution is -2.55. The molecule has 206 valence electrons. The quantitative estimate of drug-likeness (QED) is 0.346. The lowest BCUT2D eigenvalue weighted by Gasteiger charge is -2.28. The van der Waals surface area contributed by atoms with Crippen LogP contribution in [0.1, 0.15) is 58.1 Å². The average Bonchev–Trinajstić information content (AvgIpc) is 3.55. The number of benzene rings is 2. The number of anilines is 2. The second-order valence-corrected chi connectivity index (χ2v) is 12.5. The summed E-state index contributed by atoms with van der Waals surface area (Å²) >= 11 is 0. The number of likely N-dealkylation sites (tertiary alicyclic amines) is 1. The maximum absolute atomic E-state index is 13.5. The molecule has 0 aliphatic carbocycles. The second-order valence-electron chi connectivity index (χ2n) is 10.6. The topological polar surface area (TPSA) is 120 Å². The predicted octanol–water partition coefficient (Wildman–Crippen LogP) is 3.44. The van der Waals surface area contributed by atoms with E-state index in [0.717, 1.165) is 29.8 Å². The summed E-state index contributed by atoms with van der Waals surface area (Å²) in [4.78, 5) is 28.7. The molecule has 38 heavy (non-hydrogen) atoms. The zero-order valence-corrected chi connectivity index (χ0v) is 23.1. The Bertz CT molecular complexity index is 1200. The van der Waals surface area contributed by atoms with Gasteiger partial charge in [0.05, 0.1) is 35.6 Å². The molecule has 4 N–H and O–H groups in total. The molecule has 2 aliphatic heterocycles. The van der Waals surface area contributed by atoms with Crippen molar-refractivity contribution in [2.75, 3.05) is 22.9 Å². The third kappa shape index (κ3) is 7.05. The van der Waals surface area contributed by atoms with E-state index in [9.17, 15) is 18.0 Å². The molecular formula is C28H39N5O4S. The van der Waals surface area contributed by atoms with Crippen molar-refractivity contribution in [3.05, 3.63) is 60.2 Å². The van der Waals surface area contributed by atoms with Crippen LogP contribution in [0.15, 0.2) is 54.6 Å². The minimum absolute atomic E-state index is 0.0747. The minimum Gasteiger partial charge on any atom is -0.362 e. The van der Waals surface area contributed by atoms with Gasteiger partial charge in [-0.2, -0.15) is 0 Å². The number of sulfonamides is 1. The summed E-state index contributed by atoms with van der Waals surface area (Å²) in [7, 11) is -3.77. The van der Waals surface area contributed by atoms with Gasteiger partial charge < -0.3 is 20.9 Å². The van der Waals surface area contributed by atoms with Crippen LogP contribution in [0.4, 0.5) is 11.4 Å². The summed E-state index contributed by atoms with van der Waals surface area (Å²) < 4.78 is 28.3. The summed E-state index contributed by atoms with van der Waals surface area (Å²) in [6, 6.07) is 15.9. The Balaban J connectivity index is 1.46. The predicted molar refractivity (Wildman–Crippen MR) is 150 cm³/mol. The number of amides is 2. The van der Waals surface area contributed by atoms with Crippen LogP contribution < -0.4 is 20.7 Å². The highest BCUT2D eigenvalue weighted by Crippen LogP contribution is 2.32. The van der Waals surface area contributed by atoms with Crippen LogP contribution in [-0.4, -0.2) is 55.7 Å². The summed E-state index contributed by atoms with van der Waals surface area (Å²) in [6.07, 6.45) is 1.65. The summed E-state index contributed by atoms with van der Waals surface area (Å²) in [6.45, 7) is 6.31. The lowest BCUT2D eigenvalue weighted by atomic mass is 10.0. The zero-order valence-electron chi connectivity index (χ0n) is 22.3. The van der Waals surface area contributed by atoms with E-state index in [4.69, 9.17) is 0 Å². The summed E-state index contributed by atoms with van der Waals surface area (Å²) in [5, 5.41) is 9.58. The first-order chi connectivity index (χ1) is 18.1. The van der Waals surface area contributed by atoms with Gasteiger partial charge in [0.1, 0.15) is 12.2 Å². The molecule has 0 bridgehead atoms. The van der Waals surface area contributed by atoms with Crippen molar-refractivity contribution in [1.82, 2.24) is 14.9 Å². The highest BCUT2D eigenvalue weighted by Gasteiger charge is 2.35. The molecule has 2 amide bonds. The van der Waals surface area contributed by atoms with E-state index < -0.39 is 22.0 Å². The number of carbonyl (C=O) groups is 2. The first-order valence-electron chi connectivity index (χ1n) is 13.4. The largest absolute Gasteiger partial charge is 0.362 e. The van der Waals surface area contributed by atoms with E-state index in [1.165, 1.54) is 0 Å². The number of nitrogens with one attached hydrogen (secondary N) is 4. The minimum atomic E-state index is -3.77. The number of carbonyl (C=O) groups excluding carboxylic acids is 2. The van der Waals surface area contributed by atoms with Crippen molar-refractivity contribution >= 4 is 33.2 Å². The number of hydrogen-bond donors (Lipinski definition) is 4. The second kappa shape index (κ2) is 12.2. The normalized spacial score (nSPS) is 18.9. The zero-order chi connectivity index (χ0) is 27.3. The van der Waals surface area contributed by atoms with Gasteiger partial charge in [0, 0.05) is 6.54 Å². The van der Waals surface area contributed by atoms with E-state index in [1.807, 2.05) is 75.4 Å². The number of para-hydroxylation sites is 2. The van der Waals surface area contributed by atoms with Crippen molar-refractivity contribution in [3.8, 4) is 0 Å². The van der Waals surface area contributed by atoms with Crippen LogP contribution in [-0.2, 0) is 19.6 Å². The molecule has 1 unspecified atom stereocenters. The summed E-state index contributed by atoms with van der Waals surface area (Å²) in [5.41, 5.74) is 2.91. The molecule has 1 fully saturated rings. The van der Waals surface area contributed by atoms with E-state index in [2.05, 4.69) is 20.7 Å². The lowest BCUT2D eigenvalue weighted by molar-refractivity contribution is -0.135. The molecule has 10 heteroatoms. The molecule has 0 saturated carbocycles. The molecule has 0 spiro atoms. The average molecular weight is 542 g/mol. The number of rotatable bonds is 11. The molecule has 0 aromatic heterocycles. The maximum Gasteiger partial charge on any atom is 0.239 e. The number of nitrogens with zero attached hydrogens (tertiary/aromatic N) is 1. The van der Waals surface area contributed by atoms with Gasteiger partial charge in [-0.15, -0.1) is 0 Å². The molecular weight excluding hydrogens is 502 g/mol. The van der Waals surface area contributed by atoms with Crippen LogP contribution in [0.3, 0.4) is 0 Å². The van der Waals surface area contributed by atoms with Crippen LogP contribution in [0.2, 0.25) is 0 Å².